The van der Waals surface area contributed by atoms with E-state index in [0.717, 1.165) is 10.7 Å². The first-order chi connectivity index (χ1) is 5.86. The molecule has 1 aliphatic rings. The van der Waals surface area contributed by atoms with E-state index in [1.54, 1.807) is 12.4 Å². The summed E-state index contributed by atoms with van der Waals surface area (Å²) in [6.45, 7) is 0. The molecule has 0 saturated heterocycles. The van der Waals surface area contributed by atoms with Gasteiger partial charge in [-0.05, 0) is 25.3 Å². The van der Waals surface area contributed by atoms with Crippen LogP contribution in [0.3, 0.4) is 0 Å². The van der Waals surface area contributed by atoms with Gasteiger partial charge in [-0.25, -0.2) is 0 Å². The van der Waals surface area contributed by atoms with E-state index in [9.17, 15) is 0 Å². The summed E-state index contributed by atoms with van der Waals surface area (Å²) in [5.41, 5.74) is 0.962. The van der Waals surface area contributed by atoms with Crippen molar-refractivity contribution >= 4 is 17.3 Å². The monoisotopic (exact) mass is 182 g/mol. The zero-order valence-electron chi connectivity index (χ0n) is 6.76. The molecular weight excluding hydrogens is 172 g/mol. The van der Waals surface area contributed by atoms with Gasteiger partial charge in [0.25, 0.3) is 0 Å². The fraction of sp³-hybridized carbons (Fsp3) is 0.444. The number of nitrogens with one attached hydrogen (secondary N) is 1. The van der Waals surface area contributed by atoms with Gasteiger partial charge in [0.05, 0.1) is 16.9 Å². The number of hydrogen-bond acceptors (Lipinski definition) is 2. The van der Waals surface area contributed by atoms with Gasteiger partial charge in [-0.15, -0.1) is 0 Å². The molecule has 0 aromatic carbocycles. The SMILES string of the molecule is Clc1ccncc1NC1CCC1. The molecule has 1 fully saturated rings. The number of hydrogen-bond donors (Lipinski definition) is 1. The Hall–Kier alpha value is -0.760. The Balaban J connectivity index is 2.06. The number of anilines is 1. The fourth-order valence-corrected chi connectivity index (χ4v) is 1.42. The third kappa shape index (κ3) is 1.53. The molecule has 2 nitrogen and oxygen atoms in total. The van der Waals surface area contributed by atoms with Gasteiger partial charge in [0.2, 0.25) is 0 Å². The third-order valence-electron chi connectivity index (χ3n) is 2.23. The van der Waals surface area contributed by atoms with E-state index < -0.39 is 0 Å². The molecule has 0 unspecified atom stereocenters. The summed E-state index contributed by atoms with van der Waals surface area (Å²) in [4.78, 5) is 4.01. The third-order valence-corrected chi connectivity index (χ3v) is 2.56. The Bertz CT molecular complexity index is 271. The Labute approximate surface area is 77.0 Å². The van der Waals surface area contributed by atoms with Crippen LogP contribution in [0.15, 0.2) is 18.5 Å². The van der Waals surface area contributed by atoms with Crippen LogP contribution in [0.1, 0.15) is 19.3 Å². The summed E-state index contributed by atoms with van der Waals surface area (Å²) >= 11 is 5.95. The van der Waals surface area contributed by atoms with Crippen LogP contribution < -0.4 is 5.32 Å². The van der Waals surface area contributed by atoms with E-state index in [0.29, 0.717) is 6.04 Å². The smallest absolute Gasteiger partial charge is 0.0718 e. The van der Waals surface area contributed by atoms with E-state index in [2.05, 4.69) is 10.3 Å². The second-order valence-corrected chi connectivity index (χ2v) is 3.53. The van der Waals surface area contributed by atoms with Gasteiger partial charge < -0.3 is 5.32 Å². The number of pyridine rings is 1. The van der Waals surface area contributed by atoms with Gasteiger partial charge in [-0.2, -0.15) is 0 Å². The van der Waals surface area contributed by atoms with Crippen molar-refractivity contribution in [3.63, 3.8) is 0 Å². The molecule has 0 aliphatic heterocycles. The zero-order chi connectivity index (χ0) is 8.39. The largest absolute Gasteiger partial charge is 0.380 e. The Morgan fingerprint density at radius 3 is 2.92 bits per heavy atom. The maximum Gasteiger partial charge on any atom is 0.0718 e. The second kappa shape index (κ2) is 3.31. The molecule has 2 rings (SSSR count). The number of rotatable bonds is 2. The summed E-state index contributed by atoms with van der Waals surface area (Å²) in [5.74, 6) is 0. The molecule has 3 heteroatoms. The van der Waals surface area contributed by atoms with Crippen molar-refractivity contribution in [1.82, 2.24) is 4.98 Å². The van der Waals surface area contributed by atoms with Crippen molar-refractivity contribution in [2.24, 2.45) is 0 Å². The van der Waals surface area contributed by atoms with Crippen molar-refractivity contribution < 1.29 is 0 Å². The zero-order valence-corrected chi connectivity index (χ0v) is 7.51. The summed E-state index contributed by atoms with van der Waals surface area (Å²) in [6, 6.07) is 2.43. The van der Waals surface area contributed by atoms with E-state index >= 15 is 0 Å². The van der Waals surface area contributed by atoms with Gasteiger partial charge in [0.1, 0.15) is 0 Å². The van der Waals surface area contributed by atoms with Crippen LogP contribution in [-0.2, 0) is 0 Å². The first-order valence-electron chi connectivity index (χ1n) is 4.22. The van der Waals surface area contributed by atoms with Crippen molar-refractivity contribution in [1.29, 1.82) is 0 Å². The molecule has 1 N–H and O–H groups in total. The van der Waals surface area contributed by atoms with Crippen LogP contribution in [0.4, 0.5) is 5.69 Å². The Morgan fingerprint density at radius 2 is 2.33 bits per heavy atom. The van der Waals surface area contributed by atoms with Gasteiger partial charge in [-0.3, -0.25) is 4.98 Å². The Kier molecular flexibility index (Phi) is 2.17. The average Bonchev–Trinajstić information content (AvgIpc) is 2.00. The minimum absolute atomic E-state index is 0.617. The quantitative estimate of drug-likeness (QED) is 0.761. The predicted molar refractivity (Wildman–Crippen MR) is 50.5 cm³/mol. The summed E-state index contributed by atoms with van der Waals surface area (Å²) < 4.78 is 0. The lowest BCUT2D eigenvalue weighted by molar-refractivity contribution is 0.445. The molecule has 1 saturated carbocycles. The summed E-state index contributed by atoms with van der Waals surface area (Å²) in [7, 11) is 0. The molecule has 1 aromatic rings. The average molecular weight is 183 g/mol. The van der Waals surface area contributed by atoms with Crippen molar-refractivity contribution in [2.75, 3.05) is 5.32 Å². The molecule has 0 spiro atoms. The lowest BCUT2D eigenvalue weighted by Gasteiger charge is -2.27. The van der Waals surface area contributed by atoms with Crippen LogP contribution in [0.5, 0.6) is 0 Å². The number of aromatic nitrogens is 1. The number of halogens is 1. The van der Waals surface area contributed by atoms with Gasteiger partial charge in [0.15, 0.2) is 0 Å². The number of nitrogens with zero attached hydrogens (tertiary/aromatic N) is 1. The molecule has 0 bridgehead atoms. The van der Waals surface area contributed by atoms with Crippen LogP contribution in [0.25, 0.3) is 0 Å². The van der Waals surface area contributed by atoms with E-state index in [-0.39, 0.29) is 0 Å². The fourth-order valence-electron chi connectivity index (χ4n) is 1.26. The first-order valence-corrected chi connectivity index (χ1v) is 4.60. The van der Waals surface area contributed by atoms with Crippen LogP contribution in [0, 0.1) is 0 Å². The normalized spacial score (nSPS) is 17.1. The highest BCUT2D eigenvalue weighted by Gasteiger charge is 2.17. The van der Waals surface area contributed by atoms with E-state index in [1.807, 2.05) is 6.07 Å². The minimum Gasteiger partial charge on any atom is -0.380 e. The van der Waals surface area contributed by atoms with Crippen LogP contribution >= 0.6 is 11.6 Å². The molecule has 0 amide bonds. The maximum absolute atomic E-state index is 5.95. The first kappa shape index (κ1) is 7.87. The van der Waals surface area contributed by atoms with E-state index in [1.165, 1.54) is 19.3 Å². The minimum atomic E-state index is 0.617. The van der Waals surface area contributed by atoms with Crippen molar-refractivity contribution in [3.8, 4) is 0 Å². The second-order valence-electron chi connectivity index (χ2n) is 3.13. The van der Waals surface area contributed by atoms with Gasteiger partial charge in [-0.1, -0.05) is 11.6 Å². The summed E-state index contributed by atoms with van der Waals surface area (Å²) in [6.07, 6.45) is 7.32. The molecule has 0 radical (unpaired) electrons. The summed E-state index contributed by atoms with van der Waals surface area (Å²) in [5, 5.41) is 4.11. The van der Waals surface area contributed by atoms with Gasteiger partial charge in [0, 0.05) is 12.2 Å². The molecule has 1 heterocycles. The molecular formula is C9H11ClN2. The topological polar surface area (TPSA) is 24.9 Å². The lowest BCUT2D eigenvalue weighted by Crippen LogP contribution is -2.27. The molecule has 12 heavy (non-hydrogen) atoms. The molecule has 1 aromatic heterocycles. The Morgan fingerprint density at radius 1 is 1.50 bits per heavy atom. The van der Waals surface area contributed by atoms with E-state index in [4.69, 9.17) is 11.6 Å². The molecule has 1 aliphatic carbocycles. The highest BCUT2D eigenvalue weighted by atomic mass is 35.5. The highest BCUT2D eigenvalue weighted by Crippen LogP contribution is 2.26. The highest BCUT2D eigenvalue weighted by molar-refractivity contribution is 6.33. The molecule has 64 valence electrons. The van der Waals surface area contributed by atoms with Gasteiger partial charge >= 0.3 is 0 Å². The van der Waals surface area contributed by atoms with Crippen LogP contribution in [-0.4, -0.2) is 11.0 Å². The molecule has 0 atom stereocenters. The van der Waals surface area contributed by atoms with Crippen molar-refractivity contribution in [2.45, 2.75) is 25.3 Å². The maximum atomic E-state index is 5.95. The van der Waals surface area contributed by atoms with Crippen LogP contribution in [0.2, 0.25) is 5.02 Å². The predicted octanol–water partition coefficient (Wildman–Crippen LogP) is 2.70. The standard InChI is InChI=1S/C9H11ClN2/c10-8-4-5-11-6-9(8)12-7-2-1-3-7/h4-7,12H,1-3H2. The lowest BCUT2D eigenvalue weighted by atomic mass is 9.93. The van der Waals surface area contributed by atoms with Crippen molar-refractivity contribution in [3.05, 3.63) is 23.5 Å².